The van der Waals surface area contributed by atoms with Crippen LogP contribution in [-0.2, 0) is 4.79 Å². The Morgan fingerprint density at radius 2 is 1.85 bits per heavy atom. The molecule has 0 spiro atoms. The summed E-state index contributed by atoms with van der Waals surface area (Å²) < 4.78 is 18.1. The van der Waals surface area contributed by atoms with Crippen molar-refractivity contribution < 1.29 is 23.6 Å². The largest absolute Gasteiger partial charge is 0.481 e. The van der Waals surface area contributed by atoms with Crippen molar-refractivity contribution in [1.29, 1.82) is 0 Å². The fourth-order valence-corrected chi connectivity index (χ4v) is 2.12. The van der Waals surface area contributed by atoms with Gasteiger partial charge in [-0.25, -0.2) is 4.39 Å². The van der Waals surface area contributed by atoms with Crippen molar-refractivity contribution in [2.45, 2.75) is 13.0 Å². The summed E-state index contributed by atoms with van der Waals surface area (Å²) in [6.07, 6.45) is -0.979. The highest BCUT2D eigenvalue weighted by Gasteiger charge is 2.18. The number of non-ortho nitro benzene ring substituents is 1. The third-order valence-corrected chi connectivity index (χ3v) is 3.52. The highest BCUT2D eigenvalue weighted by molar-refractivity contribution is 6.34. The summed E-state index contributed by atoms with van der Waals surface area (Å²) in [6, 6.07) is 8.38. The normalized spacial score (nSPS) is 11.3. The number of nitro benzene ring substituents is 1. The molecule has 0 aromatic heterocycles. The molecule has 0 heterocycles. The van der Waals surface area contributed by atoms with Crippen LogP contribution in [0.15, 0.2) is 42.5 Å². The Hall–Kier alpha value is -3.20. The number of carbonyl (C=O) groups is 2. The van der Waals surface area contributed by atoms with E-state index in [0.29, 0.717) is 0 Å². The molecule has 0 unspecified atom stereocenters. The molecule has 1 atom stereocenters. The number of nitrogens with zero attached hydrogens (tertiary/aromatic N) is 1. The first kappa shape index (κ1) is 19.1. The van der Waals surface area contributed by atoms with Crippen LogP contribution >= 0.6 is 11.6 Å². The van der Waals surface area contributed by atoms with E-state index >= 15 is 0 Å². The molecule has 2 N–H and O–H groups in total. The molecule has 136 valence electrons. The number of hydrazine groups is 1. The molecule has 0 fully saturated rings. The fraction of sp³-hybridized carbons (Fsp3) is 0.125. The monoisotopic (exact) mass is 381 g/mol. The van der Waals surface area contributed by atoms with Gasteiger partial charge in [-0.2, -0.15) is 0 Å². The maximum absolute atomic E-state index is 12.8. The number of nitrogens with one attached hydrogen (secondary N) is 2. The standard InChI is InChI=1S/C16H13ClFN3O5/c1-9(26-12-5-2-10(18)3-6-12)15(22)19-20-16(23)13-7-4-11(21(24)25)8-14(13)17/h2-9H,1H3,(H,19,22)(H,20,23)/t9-/m1/s1. The van der Waals surface area contributed by atoms with Gasteiger partial charge in [0.05, 0.1) is 15.5 Å². The maximum Gasteiger partial charge on any atom is 0.279 e. The van der Waals surface area contributed by atoms with Gasteiger partial charge in [-0.05, 0) is 37.3 Å². The van der Waals surface area contributed by atoms with Gasteiger partial charge in [-0.1, -0.05) is 11.6 Å². The van der Waals surface area contributed by atoms with Gasteiger partial charge in [-0.15, -0.1) is 0 Å². The molecule has 0 aliphatic rings. The molecule has 2 aromatic carbocycles. The number of amides is 2. The second-order valence-corrected chi connectivity index (χ2v) is 5.49. The highest BCUT2D eigenvalue weighted by Crippen LogP contribution is 2.22. The highest BCUT2D eigenvalue weighted by atomic mass is 35.5. The second kappa shape index (κ2) is 8.26. The molecule has 0 aliphatic heterocycles. The lowest BCUT2D eigenvalue weighted by molar-refractivity contribution is -0.384. The Morgan fingerprint density at radius 1 is 1.19 bits per heavy atom. The molecule has 0 saturated carbocycles. The summed E-state index contributed by atoms with van der Waals surface area (Å²) in [6.45, 7) is 1.43. The lowest BCUT2D eigenvalue weighted by Gasteiger charge is -2.15. The van der Waals surface area contributed by atoms with Gasteiger partial charge in [0.1, 0.15) is 11.6 Å². The topological polar surface area (TPSA) is 111 Å². The van der Waals surface area contributed by atoms with Crippen molar-refractivity contribution in [1.82, 2.24) is 10.9 Å². The predicted molar refractivity (Wildman–Crippen MR) is 90.2 cm³/mol. The van der Waals surface area contributed by atoms with Crippen LogP contribution in [-0.4, -0.2) is 22.8 Å². The molecule has 2 aromatic rings. The number of carbonyl (C=O) groups excluding carboxylic acids is 2. The third kappa shape index (κ3) is 4.90. The van der Waals surface area contributed by atoms with Gasteiger partial charge in [0.15, 0.2) is 6.10 Å². The van der Waals surface area contributed by atoms with Crippen LogP contribution in [0.25, 0.3) is 0 Å². The minimum absolute atomic E-state index is 0.0512. The molecule has 10 heteroatoms. The molecule has 0 saturated heterocycles. The Bertz CT molecular complexity index is 844. The minimum Gasteiger partial charge on any atom is -0.481 e. The number of hydrogen-bond acceptors (Lipinski definition) is 5. The van der Waals surface area contributed by atoms with Gasteiger partial charge in [0.25, 0.3) is 17.5 Å². The summed E-state index contributed by atoms with van der Waals surface area (Å²) in [5.74, 6) is -1.59. The molecule has 0 radical (unpaired) electrons. The molecule has 26 heavy (non-hydrogen) atoms. The number of nitro groups is 1. The van der Waals surface area contributed by atoms with Gasteiger partial charge < -0.3 is 4.74 Å². The summed E-state index contributed by atoms with van der Waals surface area (Å²) in [5.41, 5.74) is 3.96. The van der Waals surface area contributed by atoms with E-state index in [1.807, 2.05) is 0 Å². The lowest BCUT2D eigenvalue weighted by atomic mass is 10.2. The van der Waals surface area contributed by atoms with Crippen molar-refractivity contribution in [2.75, 3.05) is 0 Å². The molecule has 2 amide bonds. The van der Waals surface area contributed by atoms with Crippen LogP contribution in [0, 0.1) is 15.9 Å². The number of hydrogen-bond donors (Lipinski definition) is 2. The van der Waals surface area contributed by atoms with E-state index in [9.17, 15) is 24.1 Å². The van der Waals surface area contributed by atoms with E-state index < -0.39 is 28.7 Å². The summed E-state index contributed by atoms with van der Waals surface area (Å²) in [4.78, 5) is 33.9. The predicted octanol–water partition coefficient (Wildman–Crippen LogP) is 2.62. The van der Waals surface area contributed by atoms with Gasteiger partial charge >= 0.3 is 0 Å². The first-order valence-corrected chi connectivity index (χ1v) is 7.62. The number of halogens is 2. The molecular weight excluding hydrogens is 369 g/mol. The Kier molecular flexibility index (Phi) is 6.07. The van der Waals surface area contributed by atoms with Crippen molar-refractivity contribution in [2.24, 2.45) is 0 Å². The Balaban J connectivity index is 1.92. The summed E-state index contributed by atoms with van der Waals surface area (Å²) in [5, 5.41) is 10.5. The maximum atomic E-state index is 12.8. The van der Waals surface area contributed by atoms with E-state index in [0.717, 1.165) is 12.1 Å². The summed E-state index contributed by atoms with van der Waals surface area (Å²) in [7, 11) is 0. The minimum atomic E-state index is -0.979. The molecule has 8 nitrogen and oxygen atoms in total. The average Bonchev–Trinajstić information content (AvgIpc) is 2.61. The molecule has 0 aliphatic carbocycles. The van der Waals surface area contributed by atoms with E-state index in [4.69, 9.17) is 16.3 Å². The van der Waals surface area contributed by atoms with E-state index in [-0.39, 0.29) is 22.0 Å². The van der Waals surface area contributed by atoms with Crippen molar-refractivity contribution in [3.05, 3.63) is 69.0 Å². The van der Waals surface area contributed by atoms with Crippen molar-refractivity contribution in [3.8, 4) is 5.75 Å². The number of benzene rings is 2. The summed E-state index contributed by atoms with van der Waals surface area (Å²) >= 11 is 5.83. The van der Waals surface area contributed by atoms with Gasteiger partial charge in [0.2, 0.25) is 0 Å². The van der Waals surface area contributed by atoms with Crippen LogP contribution in [0.2, 0.25) is 5.02 Å². The molecular formula is C16H13ClFN3O5. The van der Waals surface area contributed by atoms with Crippen LogP contribution in [0.4, 0.5) is 10.1 Å². The van der Waals surface area contributed by atoms with Crippen molar-refractivity contribution in [3.63, 3.8) is 0 Å². The molecule has 0 bridgehead atoms. The van der Waals surface area contributed by atoms with Crippen molar-refractivity contribution >= 4 is 29.1 Å². The molecule has 2 rings (SSSR count). The van der Waals surface area contributed by atoms with Crippen LogP contribution in [0.1, 0.15) is 17.3 Å². The third-order valence-electron chi connectivity index (χ3n) is 3.20. The fourth-order valence-electron chi connectivity index (χ4n) is 1.86. The quantitative estimate of drug-likeness (QED) is 0.611. The zero-order valence-corrected chi connectivity index (χ0v) is 14.1. The number of ether oxygens (including phenoxy) is 1. The van der Waals surface area contributed by atoms with Crippen LogP contribution < -0.4 is 15.6 Å². The first-order chi connectivity index (χ1) is 12.3. The van der Waals surface area contributed by atoms with Crippen LogP contribution in [0.3, 0.4) is 0 Å². The lowest BCUT2D eigenvalue weighted by Crippen LogP contribution is -2.47. The zero-order valence-electron chi connectivity index (χ0n) is 13.4. The van der Waals surface area contributed by atoms with Gasteiger partial charge in [-0.3, -0.25) is 30.6 Å². The zero-order chi connectivity index (χ0) is 19.3. The SMILES string of the molecule is C[C@@H](Oc1ccc(F)cc1)C(=O)NNC(=O)c1ccc([N+](=O)[O-])cc1Cl. The Morgan fingerprint density at radius 3 is 2.42 bits per heavy atom. The average molecular weight is 382 g/mol. The number of rotatable bonds is 5. The Labute approximate surface area is 152 Å². The van der Waals surface area contributed by atoms with E-state index in [1.165, 1.54) is 37.3 Å². The first-order valence-electron chi connectivity index (χ1n) is 7.24. The van der Waals surface area contributed by atoms with E-state index in [1.54, 1.807) is 0 Å². The second-order valence-electron chi connectivity index (χ2n) is 5.08. The van der Waals surface area contributed by atoms with Crippen LogP contribution in [0.5, 0.6) is 5.75 Å². The smallest absolute Gasteiger partial charge is 0.279 e. The van der Waals surface area contributed by atoms with E-state index in [2.05, 4.69) is 10.9 Å². The van der Waals surface area contributed by atoms with Gasteiger partial charge in [0, 0.05) is 12.1 Å².